The lowest BCUT2D eigenvalue weighted by molar-refractivity contribution is 0.189. The van der Waals surface area contributed by atoms with Crippen LogP contribution in [0.25, 0.3) is 0 Å². The standard InChI is InChI=1S/C14H16FNO3/c1-8-13(10(3)19-16-8)7-18-14-5-4-11(15)6-12(14)9(2)17/h4-6,9,17H,7H2,1-3H3. The summed E-state index contributed by atoms with van der Waals surface area (Å²) in [5.41, 5.74) is 2.05. The predicted octanol–water partition coefficient (Wildman–Crippen LogP) is 3.06. The van der Waals surface area contributed by atoms with E-state index in [2.05, 4.69) is 5.16 Å². The van der Waals surface area contributed by atoms with Gasteiger partial charge in [0.05, 0.1) is 17.4 Å². The number of aliphatic hydroxyl groups is 1. The highest BCUT2D eigenvalue weighted by molar-refractivity contribution is 5.36. The quantitative estimate of drug-likeness (QED) is 0.923. The molecular formula is C14H16FNO3. The SMILES string of the molecule is Cc1noc(C)c1COc1ccc(F)cc1C(C)O. The number of halogens is 1. The van der Waals surface area contributed by atoms with Gasteiger partial charge >= 0.3 is 0 Å². The lowest BCUT2D eigenvalue weighted by Crippen LogP contribution is -2.02. The van der Waals surface area contributed by atoms with E-state index in [1.165, 1.54) is 18.2 Å². The molecule has 0 radical (unpaired) electrons. The van der Waals surface area contributed by atoms with E-state index in [1.54, 1.807) is 13.8 Å². The second kappa shape index (κ2) is 5.40. The summed E-state index contributed by atoms with van der Waals surface area (Å²) in [6.45, 7) is 5.47. The number of ether oxygens (including phenoxy) is 1. The molecule has 0 spiro atoms. The molecule has 2 aromatic rings. The number of aromatic nitrogens is 1. The van der Waals surface area contributed by atoms with Crippen LogP contribution in [-0.2, 0) is 6.61 Å². The molecule has 0 aliphatic heterocycles. The average Bonchev–Trinajstić information content (AvgIpc) is 2.68. The Labute approximate surface area is 110 Å². The first-order valence-corrected chi connectivity index (χ1v) is 6.01. The largest absolute Gasteiger partial charge is 0.488 e. The van der Waals surface area contributed by atoms with Gasteiger partial charge in [-0.05, 0) is 39.0 Å². The van der Waals surface area contributed by atoms with E-state index in [1.807, 2.05) is 6.92 Å². The van der Waals surface area contributed by atoms with E-state index >= 15 is 0 Å². The third kappa shape index (κ3) is 2.93. The zero-order chi connectivity index (χ0) is 14.0. The van der Waals surface area contributed by atoms with Crippen molar-refractivity contribution >= 4 is 0 Å². The maximum absolute atomic E-state index is 13.2. The molecule has 19 heavy (non-hydrogen) atoms. The van der Waals surface area contributed by atoms with Gasteiger partial charge in [0.25, 0.3) is 0 Å². The second-order valence-corrected chi connectivity index (χ2v) is 4.45. The summed E-state index contributed by atoms with van der Waals surface area (Å²) in [5, 5.41) is 13.5. The number of hydrogen-bond donors (Lipinski definition) is 1. The number of hydrogen-bond acceptors (Lipinski definition) is 4. The van der Waals surface area contributed by atoms with Crippen LogP contribution in [0.4, 0.5) is 4.39 Å². The number of rotatable bonds is 4. The van der Waals surface area contributed by atoms with Gasteiger partial charge in [0.2, 0.25) is 0 Å². The minimum absolute atomic E-state index is 0.270. The summed E-state index contributed by atoms with van der Waals surface area (Å²) in [6, 6.07) is 4.08. The molecule has 1 unspecified atom stereocenters. The Morgan fingerprint density at radius 2 is 2.16 bits per heavy atom. The number of nitrogens with zero attached hydrogens (tertiary/aromatic N) is 1. The van der Waals surface area contributed by atoms with Gasteiger partial charge < -0.3 is 14.4 Å². The molecule has 1 heterocycles. The van der Waals surface area contributed by atoms with E-state index < -0.39 is 11.9 Å². The van der Waals surface area contributed by atoms with Crippen molar-refractivity contribution in [3.8, 4) is 5.75 Å². The summed E-state index contributed by atoms with van der Waals surface area (Å²) >= 11 is 0. The molecule has 0 saturated heterocycles. The van der Waals surface area contributed by atoms with Crippen LogP contribution in [-0.4, -0.2) is 10.3 Å². The zero-order valence-corrected chi connectivity index (χ0v) is 11.1. The maximum atomic E-state index is 13.2. The second-order valence-electron chi connectivity index (χ2n) is 4.45. The molecule has 0 bridgehead atoms. The predicted molar refractivity (Wildman–Crippen MR) is 67.3 cm³/mol. The molecule has 1 aromatic carbocycles. The molecule has 1 atom stereocenters. The summed E-state index contributed by atoms with van der Waals surface area (Å²) < 4.78 is 23.8. The van der Waals surface area contributed by atoms with Crippen LogP contribution in [0.3, 0.4) is 0 Å². The van der Waals surface area contributed by atoms with Gasteiger partial charge in [0, 0.05) is 5.56 Å². The van der Waals surface area contributed by atoms with Crippen molar-refractivity contribution in [2.45, 2.75) is 33.5 Å². The third-order valence-corrected chi connectivity index (χ3v) is 2.98. The van der Waals surface area contributed by atoms with Gasteiger partial charge in [-0.3, -0.25) is 0 Å². The first-order valence-electron chi connectivity index (χ1n) is 6.01. The summed E-state index contributed by atoms with van der Waals surface area (Å²) in [4.78, 5) is 0. The molecule has 1 aromatic heterocycles. The van der Waals surface area contributed by atoms with Crippen LogP contribution in [0, 0.1) is 19.7 Å². The first kappa shape index (κ1) is 13.5. The molecular weight excluding hydrogens is 249 g/mol. The van der Waals surface area contributed by atoms with Crippen LogP contribution in [0.1, 0.15) is 35.6 Å². The average molecular weight is 265 g/mol. The van der Waals surface area contributed by atoms with E-state index in [4.69, 9.17) is 9.26 Å². The topological polar surface area (TPSA) is 55.5 Å². The number of aryl methyl sites for hydroxylation is 2. The van der Waals surface area contributed by atoms with Crippen molar-refractivity contribution in [3.63, 3.8) is 0 Å². The normalized spacial score (nSPS) is 12.5. The molecule has 102 valence electrons. The van der Waals surface area contributed by atoms with Gasteiger partial charge in [-0.1, -0.05) is 5.16 Å². The van der Waals surface area contributed by atoms with Crippen LogP contribution in [0.2, 0.25) is 0 Å². The van der Waals surface area contributed by atoms with Gasteiger partial charge in [-0.15, -0.1) is 0 Å². The van der Waals surface area contributed by atoms with Gasteiger partial charge in [-0.2, -0.15) is 0 Å². The Kier molecular flexibility index (Phi) is 3.85. The Hall–Kier alpha value is -1.88. The molecule has 0 saturated carbocycles. The van der Waals surface area contributed by atoms with E-state index in [0.717, 1.165) is 11.3 Å². The van der Waals surface area contributed by atoms with E-state index in [-0.39, 0.29) is 6.61 Å². The summed E-state index contributed by atoms with van der Waals surface area (Å²) in [5.74, 6) is 0.746. The van der Waals surface area contributed by atoms with Crippen molar-refractivity contribution in [1.29, 1.82) is 0 Å². The Morgan fingerprint density at radius 3 is 2.74 bits per heavy atom. The van der Waals surface area contributed by atoms with Crippen LogP contribution in [0.15, 0.2) is 22.7 Å². The number of benzene rings is 1. The molecule has 4 nitrogen and oxygen atoms in total. The van der Waals surface area contributed by atoms with E-state index in [0.29, 0.717) is 17.1 Å². The highest BCUT2D eigenvalue weighted by Gasteiger charge is 2.13. The number of aliphatic hydroxyl groups excluding tert-OH is 1. The van der Waals surface area contributed by atoms with Crippen molar-refractivity contribution in [2.75, 3.05) is 0 Å². The molecule has 5 heteroatoms. The van der Waals surface area contributed by atoms with Crippen molar-refractivity contribution in [3.05, 3.63) is 46.6 Å². The van der Waals surface area contributed by atoms with Crippen molar-refractivity contribution < 1.29 is 18.8 Å². The fourth-order valence-corrected chi connectivity index (χ4v) is 1.84. The smallest absolute Gasteiger partial charge is 0.140 e. The highest BCUT2D eigenvalue weighted by Crippen LogP contribution is 2.27. The Morgan fingerprint density at radius 1 is 1.42 bits per heavy atom. The van der Waals surface area contributed by atoms with Crippen molar-refractivity contribution in [2.24, 2.45) is 0 Å². The maximum Gasteiger partial charge on any atom is 0.140 e. The Bertz CT molecular complexity index is 559. The monoisotopic (exact) mass is 265 g/mol. The summed E-state index contributed by atoms with van der Waals surface area (Å²) in [7, 11) is 0. The molecule has 0 aliphatic rings. The molecule has 0 amide bonds. The molecule has 2 rings (SSSR count). The van der Waals surface area contributed by atoms with Gasteiger partial charge in [0.1, 0.15) is 23.9 Å². The first-order chi connectivity index (χ1) is 8.99. The molecule has 0 aliphatic carbocycles. The van der Waals surface area contributed by atoms with Crippen LogP contribution < -0.4 is 4.74 Å². The fourth-order valence-electron chi connectivity index (χ4n) is 1.84. The lowest BCUT2D eigenvalue weighted by atomic mass is 10.1. The van der Waals surface area contributed by atoms with Gasteiger partial charge in [-0.25, -0.2) is 4.39 Å². The van der Waals surface area contributed by atoms with Crippen LogP contribution in [0.5, 0.6) is 5.75 Å². The Balaban J connectivity index is 2.20. The minimum Gasteiger partial charge on any atom is -0.488 e. The zero-order valence-electron chi connectivity index (χ0n) is 11.1. The highest BCUT2D eigenvalue weighted by atomic mass is 19.1. The lowest BCUT2D eigenvalue weighted by Gasteiger charge is -2.13. The molecule has 0 fully saturated rings. The fraction of sp³-hybridized carbons (Fsp3) is 0.357. The van der Waals surface area contributed by atoms with Crippen LogP contribution >= 0.6 is 0 Å². The molecule has 1 N–H and O–H groups in total. The minimum atomic E-state index is -0.796. The summed E-state index contributed by atoms with van der Waals surface area (Å²) in [6.07, 6.45) is -0.796. The van der Waals surface area contributed by atoms with Gasteiger partial charge in [0.15, 0.2) is 0 Å². The third-order valence-electron chi connectivity index (χ3n) is 2.98. The van der Waals surface area contributed by atoms with Crippen molar-refractivity contribution in [1.82, 2.24) is 5.16 Å². The van der Waals surface area contributed by atoms with E-state index in [9.17, 15) is 9.50 Å².